The van der Waals surface area contributed by atoms with Gasteiger partial charge in [0, 0.05) is 0 Å². The molecule has 0 aliphatic carbocycles. The van der Waals surface area contributed by atoms with Gasteiger partial charge in [-0.2, -0.15) is 0 Å². The molecule has 4 aromatic heterocycles. The molecular weight excluding hydrogens is 673 g/mol. The van der Waals surface area contributed by atoms with Crippen molar-refractivity contribution in [1.29, 1.82) is 0 Å². The lowest BCUT2D eigenvalue weighted by Gasteiger charge is -2.16. The highest BCUT2D eigenvalue weighted by Crippen LogP contribution is 2.38. The van der Waals surface area contributed by atoms with Crippen molar-refractivity contribution >= 4 is 70.5 Å². The molecule has 45 heavy (non-hydrogen) atoms. The Kier molecular flexibility index (Phi) is 11.9. The Morgan fingerprint density at radius 3 is 1.56 bits per heavy atom. The van der Waals surface area contributed by atoms with Crippen LogP contribution in [0.5, 0.6) is 0 Å². The van der Waals surface area contributed by atoms with Crippen molar-refractivity contribution in [3.63, 3.8) is 0 Å². The minimum absolute atomic E-state index is 0.0212. The fraction of sp³-hybridized carbons (Fsp3) is 0.478. The first-order chi connectivity index (χ1) is 21.7. The number of nitrogens with zero attached hydrogens (tertiary/aromatic N) is 10. The van der Waals surface area contributed by atoms with E-state index in [-0.39, 0.29) is 65.8 Å². The van der Waals surface area contributed by atoms with E-state index in [1.165, 1.54) is 9.36 Å². The van der Waals surface area contributed by atoms with Crippen LogP contribution in [0.15, 0.2) is 18.5 Å². The van der Waals surface area contributed by atoms with Gasteiger partial charge in [-0.15, -0.1) is 20.4 Å². The molecular formula is C23H26N10O8S4. The predicted octanol–water partition coefficient (Wildman–Crippen LogP) is 2.84. The molecule has 18 nitrogen and oxygen atoms in total. The zero-order chi connectivity index (χ0) is 32.5. The molecule has 4 rings (SSSR count). The maximum absolute atomic E-state index is 12.8. The Bertz CT molecular complexity index is 1670. The van der Waals surface area contributed by atoms with E-state index >= 15 is 0 Å². The molecule has 1 atom stereocenters. The predicted molar refractivity (Wildman–Crippen MR) is 157 cm³/mol. The second-order valence-electron chi connectivity index (χ2n) is 8.37. The van der Waals surface area contributed by atoms with Crippen molar-refractivity contribution in [2.45, 2.75) is 65.7 Å². The Hall–Kier alpha value is -4.02. The van der Waals surface area contributed by atoms with E-state index in [4.69, 9.17) is 18.9 Å². The largest absolute Gasteiger partial charge is 0.461 e. The van der Waals surface area contributed by atoms with Crippen LogP contribution in [-0.4, -0.2) is 99.5 Å². The molecule has 4 heterocycles. The average molecular weight is 699 g/mol. The van der Waals surface area contributed by atoms with Gasteiger partial charge in [-0.1, -0.05) is 42.9 Å². The summed E-state index contributed by atoms with van der Waals surface area (Å²) in [5, 5.41) is 24.7. The summed E-state index contributed by atoms with van der Waals surface area (Å²) in [5.74, 6) is -2.79. The minimum atomic E-state index is -0.723. The van der Waals surface area contributed by atoms with Crippen molar-refractivity contribution < 1.29 is 38.1 Å². The molecule has 0 saturated carbocycles. The first-order valence-electron chi connectivity index (χ1n) is 13.3. The molecule has 0 amide bonds. The number of esters is 4. The third-order valence-electron chi connectivity index (χ3n) is 5.37. The van der Waals surface area contributed by atoms with Crippen LogP contribution in [-0.2, 0) is 25.5 Å². The number of hydrogen-bond acceptors (Lipinski definition) is 20. The monoisotopic (exact) mass is 698 g/mol. The van der Waals surface area contributed by atoms with Gasteiger partial charge in [-0.3, -0.25) is 0 Å². The van der Waals surface area contributed by atoms with E-state index in [1.807, 2.05) is 0 Å². The summed E-state index contributed by atoms with van der Waals surface area (Å²) < 4.78 is 31.8. The van der Waals surface area contributed by atoms with Crippen molar-refractivity contribution in [3.05, 3.63) is 22.8 Å². The van der Waals surface area contributed by atoms with Crippen LogP contribution in [0.2, 0.25) is 0 Å². The van der Waals surface area contributed by atoms with E-state index in [9.17, 15) is 19.2 Å². The zero-order valence-electron chi connectivity index (χ0n) is 24.5. The smallest absolute Gasteiger partial charge is 0.361 e. The number of ether oxygens (including phenoxy) is 4. The number of rotatable bonds is 15. The van der Waals surface area contributed by atoms with Gasteiger partial charge in [0.2, 0.25) is 11.4 Å². The molecule has 22 heteroatoms. The number of hydrogen-bond donors (Lipinski definition) is 0. The maximum atomic E-state index is 12.8. The van der Waals surface area contributed by atoms with Gasteiger partial charge < -0.3 is 18.9 Å². The second-order valence-corrected chi connectivity index (χ2v) is 12.4. The summed E-state index contributed by atoms with van der Waals surface area (Å²) >= 11 is 3.87. The van der Waals surface area contributed by atoms with Crippen LogP contribution in [0, 0.1) is 0 Å². The minimum Gasteiger partial charge on any atom is -0.461 e. The first-order valence-corrected chi connectivity index (χ1v) is 16.5. The van der Waals surface area contributed by atoms with Crippen molar-refractivity contribution in [2.24, 2.45) is 0 Å². The molecule has 0 spiro atoms. The Morgan fingerprint density at radius 1 is 0.644 bits per heavy atom. The van der Waals surface area contributed by atoms with E-state index in [1.54, 1.807) is 34.6 Å². The van der Waals surface area contributed by atoms with Crippen LogP contribution in [0.3, 0.4) is 0 Å². The van der Waals surface area contributed by atoms with Crippen LogP contribution >= 0.6 is 46.6 Å². The fourth-order valence-electron chi connectivity index (χ4n) is 3.50. The van der Waals surface area contributed by atoms with Crippen molar-refractivity contribution in [1.82, 2.24) is 49.2 Å². The topological polar surface area (TPSA) is 218 Å². The summed E-state index contributed by atoms with van der Waals surface area (Å²) in [7, 11) is 0. The molecule has 0 N–H and O–H groups in total. The van der Waals surface area contributed by atoms with Gasteiger partial charge in [-0.25, -0.2) is 28.5 Å². The number of carbonyl (C=O) groups is 4. The van der Waals surface area contributed by atoms with Crippen molar-refractivity contribution in [3.8, 4) is 0 Å². The lowest BCUT2D eigenvalue weighted by Crippen LogP contribution is -2.18. The summed E-state index contributed by atoms with van der Waals surface area (Å²) in [5.41, 5.74) is -0.224. The van der Waals surface area contributed by atoms with Crippen LogP contribution in [0.25, 0.3) is 0 Å². The maximum Gasteiger partial charge on any atom is 0.361 e. The molecule has 0 bridgehead atoms. The van der Waals surface area contributed by atoms with E-state index in [2.05, 4.69) is 39.8 Å². The molecule has 0 aliphatic rings. The van der Waals surface area contributed by atoms with Gasteiger partial charge in [0.25, 0.3) is 0 Å². The highest BCUT2D eigenvalue weighted by atomic mass is 32.2. The third-order valence-corrected chi connectivity index (χ3v) is 9.29. The highest BCUT2D eigenvalue weighted by Gasteiger charge is 2.31. The highest BCUT2D eigenvalue weighted by molar-refractivity contribution is 8.01. The molecule has 0 aromatic carbocycles. The summed E-state index contributed by atoms with van der Waals surface area (Å²) in [4.78, 5) is 50.5. The van der Waals surface area contributed by atoms with Gasteiger partial charge in [0.05, 0.1) is 39.0 Å². The Morgan fingerprint density at radius 2 is 1.07 bits per heavy atom. The lowest BCUT2D eigenvalue weighted by molar-refractivity contribution is 0.0504. The van der Waals surface area contributed by atoms with E-state index < -0.39 is 29.9 Å². The van der Waals surface area contributed by atoms with Crippen molar-refractivity contribution in [2.75, 3.05) is 26.4 Å². The summed E-state index contributed by atoms with van der Waals surface area (Å²) in [6.07, 6.45) is 0. The van der Waals surface area contributed by atoms with Crippen LogP contribution < -0.4 is 0 Å². The zero-order valence-corrected chi connectivity index (χ0v) is 27.7. The number of aromatic nitrogens is 10. The Balaban J connectivity index is 1.71. The number of carbonyl (C=O) groups excluding carboxylic acids is 4. The lowest BCUT2D eigenvalue weighted by atomic mass is 10.3. The SMILES string of the molecule is CCOC(=O)c1nnsc1Sc1c(C(=O)OCC)nnn1C[C@@H](C)n1nnc(C(=O)OCC)c1Sc1snnc1C(=O)OCC. The molecule has 0 unspecified atom stereocenters. The molecule has 0 fully saturated rings. The van der Waals surface area contributed by atoms with Gasteiger partial charge in [-0.05, 0) is 57.7 Å². The molecule has 4 aromatic rings. The summed E-state index contributed by atoms with van der Waals surface area (Å²) in [6, 6.07) is -0.574. The van der Waals surface area contributed by atoms with E-state index in [0.717, 1.165) is 46.6 Å². The fourth-order valence-corrected chi connectivity index (χ4v) is 7.04. The quantitative estimate of drug-likeness (QED) is 0.129. The van der Waals surface area contributed by atoms with Crippen LogP contribution in [0.4, 0.5) is 0 Å². The molecule has 0 aliphatic heterocycles. The second kappa shape index (κ2) is 15.8. The Labute approximate surface area is 271 Å². The molecule has 0 saturated heterocycles. The molecule has 240 valence electrons. The van der Waals surface area contributed by atoms with Gasteiger partial charge in [0.15, 0.2) is 11.4 Å². The summed E-state index contributed by atoms with van der Waals surface area (Å²) in [6.45, 7) is 8.92. The average Bonchev–Trinajstić information content (AvgIpc) is 3.81. The van der Waals surface area contributed by atoms with E-state index in [0.29, 0.717) is 8.42 Å². The molecule has 0 radical (unpaired) electrons. The van der Waals surface area contributed by atoms with Gasteiger partial charge in [0.1, 0.15) is 18.5 Å². The first kappa shape index (κ1) is 33.9. The standard InChI is InChI=1S/C23H26N10O8S4/c1-6-38-18(34)12-16(42-22-14(26-30-44-22)20(36)40-8-3)32(28-24-12)10-11(5)33-17(13(25-29-33)19(35)39-7-2)43-23-15(27-31-45-23)21(37)41-9-4/h11H,6-10H2,1-5H3/t11-/m1/s1. The van der Waals surface area contributed by atoms with Gasteiger partial charge >= 0.3 is 23.9 Å². The normalized spacial score (nSPS) is 11.7. The van der Waals surface area contributed by atoms with Crippen LogP contribution in [0.1, 0.15) is 82.6 Å². The third kappa shape index (κ3) is 7.80.